The molecule has 0 aromatic carbocycles. The Hall–Kier alpha value is -0.120. The lowest BCUT2D eigenvalue weighted by Gasteiger charge is -2.40. The molecule has 2 aliphatic rings. The molecule has 0 spiro atoms. The van der Waals surface area contributed by atoms with E-state index in [0.717, 1.165) is 17.9 Å². The second-order valence-electron chi connectivity index (χ2n) is 6.83. The molecule has 1 saturated heterocycles. The van der Waals surface area contributed by atoms with Crippen LogP contribution in [0.25, 0.3) is 0 Å². The molecule has 3 heteroatoms. The molecule has 1 aliphatic heterocycles. The minimum Gasteiger partial charge on any atom is -0.381 e. The Balaban J connectivity index is 1.81. The number of piperazine rings is 1. The smallest absolute Gasteiger partial charge is 0.0574 e. The van der Waals surface area contributed by atoms with Gasteiger partial charge >= 0.3 is 0 Å². The van der Waals surface area contributed by atoms with Crippen molar-refractivity contribution in [1.82, 2.24) is 9.80 Å². The van der Waals surface area contributed by atoms with Gasteiger partial charge in [-0.05, 0) is 51.5 Å². The number of likely N-dealkylation sites (N-methyl/N-ethyl adjacent to an activating group) is 1. The molecule has 0 amide bonds. The molecule has 4 unspecified atom stereocenters. The summed E-state index contributed by atoms with van der Waals surface area (Å²) in [4.78, 5) is 5.12. The van der Waals surface area contributed by atoms with Crippen molar-refractivity contribution >= 4 is 0 Å². The number of rotatable bonds is 4. The molecule has 19 heavy (non-hydrogen) atoms. The van der Waals surface area contributed by atoms with Gasteiger partial charge in [-0.1, -0.05) is 6.92 Å². The van der Waals surface area contributed by atoms with E-state index in [2.05, 4.69) is 30.7 Å². The van der Waals surface area contributed by atoms with Crippen LogP contribution in [0.5, 0.6) is 0 Å². The second-order valence-corrected chi connectivity index (χ2v) is 6.83. The molecule has 2 fully saturated rings. The molecule has 0 radical (unpaired) electrons. The molecule has 2 rings (SSSR count). The van der Waals surface area contributed by atoms with E-state index in [1.807, 2.05) is 7.11 Å². The van der Waals surface area contributed by atoms with Crippen LogP contribution in [-0.4, -0.2) is 62.3 Å². The van der Waals surface area contributed by atoms with E-state index in [0.29, 0.717) is 6.10 Å². The van der Waals surface area contributed by atoms with Crippen molar-refractivity contribution in [2.45, 2.75) is 51.7 Å². The molecule has 3 nitrogen and oxygen atoms in total. The van der Waals surface area contributed by atoms with E-state index in [1.54, 1.807) is 0 Å². The van der Waals surface area contributed by atoms with Crippen molar-refractivity contribution in [3.8, 4) is 0 Å². The van der Waals surface area contributed by atoms with Crippen molar-refractivity contribution in [2.24, 2.45) is 11.8 Å². The summed E-state index contributed by atoms with van der Waals surface area (Å²) in [7, 11) is 4.11. The van der Waals surface area contributed by atoms with E-state index in [4.69, 9.17) is 4.74 Å². The van der Waals surface area contributed by atoms with Crippen LogP contribution in [0.2, 0.25) is 0 Å². The molecule has 1 heterocycles. The highest BCUT2D eigenvalue weighted by atomic mass is 16.5. The molecular weight excluding hydrogens is 236 g/mol. The zero-order valence-electron chi connectivity index (χ0n) is 13.3. The first-order valence-corrected chi connectivity index (χ1v) is 8.05. The van der Waals surface area contributed by atoms with Gasteiger partial charge in [0, 0.05) is 39.3 Å². The molecular formula is C16H32N2O. The van der Waals surface area contributed by atoms with Crippen LogP contribution in [0, 0.1) is 11.8 Å². The van der Waals surface area contributed by atoms with E-state index in [1.165, 1.54) is 51.9 Å². The topological polar surface area (TPSA) is 15.7 Å². The third-order valence-electron chi connectivity index (χ3n) is 5.45. The van der Waals surface area contributed by atoms with Crippen LogP contribution in [-0.2, 0) is 4.74 Å². The first-order chi connectivity index (χ1) is 9.10. The third-order valence-corrected chi connectivity index (χ3v) is 5.45. The summed E-state index contributed by atoms with van der Waals surface area (Å²) in [5.74, 6) is 1.73. The molecule has 1 saturated carbocycles. The van der Waals surface area contributed by atoms with Crippen molar-refractivity contribution in [3.05, 3.63) is 0 Å². The van der Waals surface area contributed by atoms with Crippen molar-refractivity contribution in [1.29, 1.82) is 0 Å². The normalized spacial score (nSPS) is 36.3. The fraction of sp³-hybridized carbons (Fsp3) is 1.00. The van der Waals surface area contributed by atoms with Crippen LogP contribution in [0.3, 0.4) is 0 Å². The highest BCUT2D eigenvalue weighted by molar-refractivity contribution is 4.83. The van der Waals surface area contributed by atoms with Gasteiger partial charge in [-0.15, -0.1) is 0 Å². The quantitative estimate of drug-likeness (QED) is 0.779. The Morgan fingerprint density at radius 1 is 1.16 bits per heavy atom. The summed E-state index contributed by atoms with van der Waals surface area (Å²) in [6, 6.07) is 0.733. The van der Waals surface area contributed by atoms with Crippen LogP contribution >= 0.6 is 0 Å². The predicted molar refractivity (Wildman–Crippen MR) is 80.5 cm³/mol. The lowest BCUT2D eigenvalue weighted by Crippen LogP contribution is -2.49. The monoisotopic (exact) mass is 268 g/mol. The summed E-state index contributed by atoms with van der Waals surface area (Å²) in [6.45, 7) is 9.80. The van der Waals surface area contributed by atoms with Crippen molar-refractivity contribution in [3.63, 3.8) is 0 Å². The second kappa shape index (κ2) is 7.05. The van der Waals surface area contributed by atoms with Gasteiger partial charge in [0.2, 0.25) is 0 Å². The van der Waals surface area contributed by atoms with Crippen LogP contribution in [0.15, 0.2) is 0 Å². The van der Waals surface area contributed by atoms with Gasteiger partial charge < -0.3 is 9.64 Å². The average Bonchev–Trinajstić information content (AvgIpc) is 2.42. The summed E-state index contributed by atoms with van der Waals surface area (Å²) in [6.07, 6.45) is 5.75. The van der Waals surface area contributed by atoms with E-state index >= 15 is 0 Å². The molecule has 1 aliphatic carbocycles. The fourth-order valence-electron chi connectivity index (χ4n) is 3.76. The Morgan fingerprint density at radius 2 is 1.84 bits per heavy atom. The molecule has 0 aromatic rings. The number of nitrogens with zero attached hydrogens (tertiary/aromatic N) is 2. The third kappa shape index (κ3) is 4.17. The van der Waals surface area contributed by atoms with Crippen LogP contribution < -0.4 is 0 Å². The predicted octanol–water partition coefficient (Wildman–Crippen LogP) is 2.46. The summed E-state index contributed by atoms with van der Waals surface area (Å²) < 4.78 is 5.59. The van der Waals surface area contributed by atoms with Gasteiger partial charge in [-0.3, -0.25) is 4.90 Å². The molecule has 0 aromatic heterocycles. The van der Waals surface area contributed by atoms with Crippen LogP contribution in [0.4, 0.5) is 0 Å². The number of ether oxygens (including phenoxy) is 1. The van der Waals surface area contributed by atoms with Crippen LogP contribution in [0.1, 0.15) is 39.5 Å². The minimum atomic E-state index is 0.515. The first-order valence-electron chi connectivity index (χ1n) is 8.05. The number of hydrogen-bond donors (Lipinski definition) is 0. The minimum absolute atomic E-state index is 0.515. The largest absolute Gasteiger partial charge is 0.381 e. The SMILES string of the molecule is COC1CCC(C)C(CC(C)N2CCN(C)CC2)C1. The molecule has 4 atom stereocenters. The van der Waals surface area contributed by atoms with E-state index in [-0.39, 0.29) is 0 Å². The Kier molecular flexibility index (Phi) is 5.67. The number of methoxy groups -OCH3 is 1. The summed E-state index contributed by atoms with van der Waals surface area (Å²) in [5.41, 5.74) is 0. The van der Waals surface area contributed by atoms with E-state index < -0.39 is 0 Å². The van der Waals surface area contributed by atoms with Crippen molar-refractivity contribution in [2.75, 3.05) is 40.3 Å². The maximum Gasteiger partial charge on any atom is 0.0574 e. The standard InChI is InChI=1S/C16H32N2O/c1-13-5-6-16(19-4)12-15(13)11-14(2)18-9-7-17(3)8-10-18/h13-16H,5-12H2,1-4H3. The number of hydrogen-bond acceptors (Lipinski definition) is 3. The molecule has 112 valence electrons. The van der Waals surface area contributed by atoms with Gasteiger partial charge in [-0.25, -0.2) is 0 Å². The Morgan fingerprint density at radius 3 is 2.47 bits per heavy atom. The van der Waals surface area contributed by atoms with Gasteiger partial charge in [0.1, 0.15) is 0 Å². The van der Waals surface area contributed by atoms with Gasteiger partial charge in [0.05, 0.1) is 6.10 Å². The highest BCUT2D eigenvalue weighted by Crippen LogP contribution is 2.35. The van der Waals surface area contributed by atoms with Gasteiger partial charge in [-0.2, -0.15) is 0 Å². The first kappa shape index (κ1) is 15.3. The maximum absolute atomic E-state index is 5.59. The summed E-state index contributed by atoms with van der Waals surface area (Å²) >= 11 is 0. The zero-order chi connectivity index (χ0) is 13.8. The Labute approximate surface area is 119 Å². The molecule has 0 N–H and O–H groups in total. The van der Waals surface area contributed by atoms with Gasteiger partial charge in [0.15, 0.2) is 0 Å². The average molecular weight is 268 g/mol. The Bertz CT molecular complexity index is 263. The lowest BCUT2D eigenvalue weighted by atomic mass is 9.76. The van der Waals surface area contributed by atoms with Crippen molar-refractivity contribution < 1.29 is 4.74 Å². The zero-order valence-corrected chi connectivity index (χ0v) is 13.3. The van der Waals surface area contributed by atoms with Gasteiger partial charge in [0.25, 0.3) is 0 Å². The highest BCUT2D eigenvalue weighted by Gasteiger charge is 2.30. The van der Waals surface area contributed by atoms with E-state index in [9.17, 15) is 0 Å². The fourth-order valence-corrected chi connectivity index (χ4v) is 3.76. The lowest BCUT2D eigenvalue weighted by molar-refractivity contribution is 0.0182. The molecule has 0 bridgehead atoms. The maximum atomic E-state index is 5.59. The summed E-state index contributed by atoms with van der Waals surface area (Å²) in [5, 5.41) is 0.